The molecule has 0 aromatic heterocycles. The molecule has 1 aliphatic carbocycles. The Kier molecular flexibility index (Phi) is 7.39. The number of benzene rings is 2. The Morgan fingerprint density at radius 2 is 1.64 bits per heavy atom. The molecule has 2 aromatic rings. The second kappa shape index (κ2) is 10.3. The predicted octanol–water partition coefficient (Wildman–Crippen LogP) is 4.24. The molecule has 1 unspecified atom stereocenters. The molecule has 7 heteroatoms. The van der Waals surface area contributed by atoms with Crippen molar-refractivity contribution in [3.05, 3.63) is 59.7 Å². The van der Waals surface area contributed by atoms with Crippen molar-refractivity contribution in [3.63, 3.8) is 0 Å². The molecule has 1 saturated carbocycles. The number of sulfonamides is 1. The number of methoxy groups -OCH3 is 1. The highest BCUT2D eigenvalue weighted by molar-refractivity contribution is 7.89. The van der Waals surface area contributed by atoms with Crippen LogP contribution in [-0.4, -0.2) is 49.8 Å². The molecule has 1 heterocycles. The molecule has 178 valence electrons. The zero-order valence-electron chi connectivity index (χ0n) is 19.6. The quantitative estimate of drug-likeness (QED) is 0.521. The summed E-state index contributed by atoms with van der Waals surface area (Å²) in [4.78, 5) is 15.6. The smallest absolute Gasteiger partial charge is 0.243 e. The van der Waals surface area contributed by atoms with E-state index in [0.717, 1.165) is 29.7 Å². The number of nitrogens with zero attached hydrogens (tertiary/aromatic N) is 2. The zero-order chi connectivity index (χ0) is 23.4. The van der Waals surface area contributed by atoms with Crippen molar-refractivity contribution in [1.82, 2.24) is 9.21 Å². The molecule has 1 saturated heterocycles. The van der Waals surface area contributed by atoms with Crippen LogP contribution in [0, 0.1) is 5.92 Å². The van der Waals surface area contributed by atoms with Gasteiger partial charge in [-0.25, -0.2) is 8.42 Å². The van der Waals surface area contributed by atoms with Gasteiger partial charge in [-0.15, -0.1) is 0 Å². The van der Waals surface area contributed by atoms with Crippen LogP contribution in [0.2, 0.25) is 0 Å². The lowest BCUT2D eigenvalue weighted by Crippen LogP contribution is -2.39. The Morgan fingerprint density at radius 1 is 1.03 bits per heavy atom. The van der Waals surface area contributed by atoms with Gasteiger partial charge in [0.25, 0.3) is 0 Å². The molecular formula is C26H34N2O4S. The van der Waals surface area contributed by atoms with E-state index in [1.54, 1.807) is 23.5 Å². The summed E-state index contributed by atoms with van der Waals surface area (Å²) in [6.45, 7) is 3.94. The summed E-state index contributed by atoms with van der Waals surface area (Å²) in [6, 6.07) is 15.1. The minimum absolute atomic E-state index is 0.138. The zero-order valence-corrected chi connectivity index (χ0v) is 20.4. The first-order valence-electron chi connectivity index (χ1n) is 11.9. The van der Waals surface area contributed by atoms with Crippen molar-refractivity contribution in [2.75, 3.05) is 20.2 Å². The van der Waals surface area contributed by atoms with E-state index >= 15 is 0 Å². The van der Waals surface area contributed by atoms with E-state index in [1.165, 1.54) is 12.8 Å². The van der Waals surface area contributed by atoms with Crippen molar-refractivity contribution in [3.8, 4) is 5.75 Å². The number of hydrogen-bond acceptors (Lipinski definition) is 4. The number of hydrogen-bond donors (Lipinski definition) is 0. The topological polar surface area (TPSA) is 66.9 Å². The molecule has 0 spiro atoms. The number of carbonyl (C=O) groups excluding carboxylic acids is 1. The third kappa shape index (κ3) is 5.76. The van der Waals surface area contributed by atoms with Gasteiger partial charge in [0.05, 0.1) is 12.0 Å². The SMILES string of the molecule is COc1ccc(CN(C(=O)CCc2ccc(S(=O)(=O)N3CCCC3)cc2)C(C)C2CC2)cc1. The average molecular weight is 471 g/mol. The highest BCUT2D eigenvalue weighted by atomic mass is 32.2. The fraction of sp³-hybridized carbons (Fsp3) is 0.500. The van der Waals surface area contributed by atoms with Crippen LogP contribution in [0.5, 0.6) is 5.75 Å². The lowest BCUT2D eigenvalue weighted by molar-refractivity contribution is -0.134. The van der Waals surface area contributed by atoms with E-state index in [1.807, 2.05) is 41.3 Å². The maximum absolute atomic E-state index is 13.2. The fourth-order valence-corrected chi connectivity index (χ4v) is 6.04. The highest BCUT2D eigenvalue weighted by Crippen LogP contribution is 2.36. The number of amides is 1. The molecule has 0 bridgehead atoms. The van der Waals surface area contributed by atoms with Gasteiger partial charge < -0.3 is 9.64 Å². The number of ether oxygens (including phenoxy) is 1. The Hall–Kier alpha value is -2.38. The lowest BCUT2D eigenvalue weighted by Gasteiger charge is -2.30. The Morgan fingerprint density at radius 3 is 2.21 bits per heavy atom. The summed E-state index contributed by atoms with van der Waals surface area (Å²) < 4.78 is 32.2. The second-order valence-electron chi connectivity index (χ2n) is 9.20. The van der Waals surface area contributed by atoms with Crippen molar-refractivity contribution >= 4 is 15.9 Å². The van der Waals surface area contributed by atoms with Crippen LogP contribution in [0.15, 0.2) is 53.4 Å². The van der Waals surface area contributed by atoms with Crippen LogP contribution in [0.3, 0.4) is 0 Å². The summed E-state index contributed by atoms with van der Waals surface area (Å²) in [5.74, 6) is 1.53. The number of rotatable bonds is 10. The van der Waals surface area contributed by atoms with E-state index in [9.17, 15) is 13.2 Å². The maximum Gasteiger partial charge on any atom is 0.243 e. The number of carbonyl (C=O) groups is 1. The van der Waals surface area contributed by atoms with Gasteiger partial charge in [0, 0.05) is 32.1 Å². The Labute approximate surface area is 197 Å². The minimum Gasteiger partial charge on any atom is -0.497 e. The fourth-order valence-electron chi connectivity index (χ4n) is 4.52. The van der Waals surface area contributed by atoms with Gasteiger partial charge >= 0.3 is 0 Å². The normalized spacial score (nSPS) is 17.6. The molecule has 1 aliphatic heterocycles. The van der Waals surface area contributed by atoms with E-state index in [0.29, 0.717) is 43.3 Å². The van der Waals surface area contributed by atoms with Crippen molar-refractivity contribution in [2.24, 2.45) is 5.92 Å². The van der Waals surface area contributed by atoms with Crippen LogP contribution in [0.1, 0.15) is 50.2 Å². The molecule has 2 aromatic carbocycles. The van der Waals surface area contributed by atoms with Gasteiger partial charge in [0.15, 0.2) is 0 Å². The van der Waals surface area contributed by atoms with Crippen LogP contribution in [0.25, 0.3) is 0 Å². The monoisotopic (exact) mass is 470 g/mol. The molecule has 4 rings (SSSR count). The second-order valence-corrected chi connectivity index (χ2v) is 11.1. The van der Waals surface area contributed by atoms with E-state index in [2.05, 4.69) is 6.92 Å². The molecule has 33 heavy (non-hydrogen) atoms. The summed E-state index contributed by atoms with van der Waals surface area (Å²) in [5, 5.41) is 0. The van der Waals surface area contributed by atoms with Gasteiger partial charge in [-0.3, -0.25) is 4.79 Å². The third-order valence-corrected chi connectivity index (χ3v) is 8.79. The first-order valence-corrected chi connectivity index (χ1v) is 13.3. The standard InChI is InChI=1S/C26H34N2O4S/c1-20(23-10-11-23)28(19-22-5-12-24(32-2)13-6-22)26(29)16-9-21-7-14-25(15-8-21)33(30,31)27-17-3-4-18-27/h5-8,12-15,20,23H,3-4,9-11,16-19H2,1-2H3. The van der Waals surface area contributed by atoms with Crippen LogP contribution < -0.4 is 4.74 Å². The van der Waals surface area contributed by atoms with Gasteiger partial charge in [-0.05, 0) is 80.3 Å². The molecule has 0 N–H and O–H groups in total. The number of aryl methyl sites for hydroxylation is 1. The molecule has 1 atom stereocenters. The lowest BCUT2D eigenvalue weighted by atomic mass is 10.1. The van der Waals surface area contributed by atoms with E-state index in [-0.39, 0.29) is 11.9 Å². The summed E-state index contributed by atoms with van der Waals surface area (Å²) >= 11 is 0. The van der Waals surface area contributed by atoms with Crippen molar-refractivity contribution in [2.45, 2.75) is 62.9 Å². The average Bonchev–Trinajstić information content (AvgIpc) is 3.53. The minimum atomic E-state index is -3.40. The highest BCUT2D eigenvalue weighted by Gasteiger charge is 2.34. The molecule has 1 amide bonds. The van der Waals surface area contributed by atoms with Crippen molar-refractivity contribution in [1.29, 1.82) is 0 Å². The summed E-state index contributed by atoms with van der Waals surface area (Å²) in [6.07, 6.45) is 5.21. The van der Waals surface area contributed by atoms with Gasteiger partial charge in [0.1, 0.15) is 5.75 Å². The predicted molar refractivity (Wildman–Crippen MR) is 128 cm³/mol. The Balaban J connectivity index is 1.39. The van der Waals surface area contributed by atoms with Gasteiger partial charge in [0.2, 0.25) is 15.9 Å². The maximum atomic E-state index is 13.2. The third-order valence-electron chi connectivity index (χ3n) is 6.88. The summed E-state index contributed by atoms with van der Waals surface area (Å²) in [5.41, 5.74) is 2.07. The van der Waals surface area contributed by atoms with Gasteiger partial charge in [-0.1, -0.05) is 24.3 Å². The van der Waals surface area contributed by atoms with Crippen molar-refractivity contribution < 1.29 is 17.9 Å². The molecule has 6 nitrogen and oxygen atoms in total. The van der Waals surface area contributed by atoms with E-state index < -0.39 is 10.0 Å². The van der Waals surface area contributed by atoms with Crippen LogP contribution >= 0.6 is 0 Å². The van der Waals surface area contributed by atoms with Crippen LogP contribution in [-0.2, 0) is 27.8 Å². The summed E-state index contributed by atoms with van der Waals surface area (Å²) in [7, 11) is -1.76. The molecule has 2 fully saturated rings. The largest absolute Gasteiger partial charge is 0.497 e. The van der Waals surface area contributed by atoms with Crippen LogP contribution in [0.4, 0.5) is 0 Å². The Bertz CT molecular complexity index is 1040. The molecule has 2 aliphatic rings. The van der Waals surface area contributed by atoms with E-state index in [4.69, 9.17) is 4.74 Å². The first kappa shape index (κ1) is 23.8. The first-order chi connectivity index (χ1) is 15.9. The molecule has 0 radical (unpaired) electrons. The molecular weight excluding hydrogens is 436 g/mol. The van der Waals surface area contributed by atoms with Gasteiger partial charge in [-0.2, -0.15) is 4.31 Å².